The summed E-state index contributed by atoms with van der Waals surface area (Å²) in [5, 5.41) is 2.59. The van der Waals surface area contributed by atoms with Gasteiger partial charge < -0.3 is 9.47 Å². The van der Waals surface area contributed by atoms with Crippen LogP contribution < -0.4 is 20.1 Å². The molecule has 2 nitrogen and oxygen atoms in total. The number of methoxy groups -OCH3 is 2. The predicted octanol–water partition coefficient (Wildman–Crippen LogP) is 4.62. The van der Waals surface area contributed by atoms with Crippen LogP contribution in [0.4, 0.5) is 0 Å². The van der Waals surface area contributed by atoms with E-state index in [4.69, 9.17) is 9.47 Å². The van der Waals surface area contributed by atoms with E-state index in [9.17, 15) is 0 Å². The third kappa shape index (κ3) is 3.86. The molecule has 0 bridgehead atoms. The quantitative estimate of drug-likeness (QED) is 0.625. The lowest BCUT2D eigenvalue weighted by molar-refractivity contribution is 0.410. The standard InChI is InChI=1S/C22H23O2P/c1-15-12-16(2)14-17(13-15)25-21-11-7-10-20(24-4)22(21)18-8-5-6-9-19(18)23-3/h5-14,25H,1-4H3. The summed E-state index contributed by atoms with van der Waals surface area (Å²) < 4.78 is 11.3. The molecule has 0 heterocycles. The van der Waals surface area contributed by atoms with Crippen LogP contribution in [0.25, 0.3) is 11.1 Å². The van der Waals surface area contributed by atoms with E-state index in [0.29, 0.717) is 8.58 Å². The van der Waals surface area contributed by atoms with Gasteiger partial charge in [0, 0.05) is 11.1 Å². The predicted molar refractivity (Wildman–Crippen MR) is 108 cm³/mol. The minimum atomic E-state index is 0.556. The fraction of sp³-hybridized carbons (Fsp3) is 0.182. The molecule has 0 amide bonds. The number of aryl methyl sites for hydroxylation is 2. The molecule has 1 atom stereocenters. The van der Waals surface area contributed by atoms with Gasteiger partial charge in [-0.25, -0.2) is 0 Å². The van der Waals surface area contributed by atoms with Crippen molar-refractivity contribution < 1.29 is 9.47 Å². The number of hydrogen-bond acceptors (Lipinski definition) is 2. The molecule has 0 saturated carbocycles. The SMILES string of the molecule is COc1ccccc1-c1c(OC)cccc1Pc1cc(C)cc(C)c1. The van der Waals surface area contributed by atoms with Crippen LogP contribution in [0.5, 0.6) is 11.5 Å². The van der Waals surface area contributed by atoms with E-state index in [-0.39, 0.29) is 0 Å². The maximum atomic E-state index is 5.67. The molecule has 3 rings (SSSR count). The third-order valence-corrected chi connectivity index (χ3v) is 5.39. The van der Waals surface area contributed by atoms with Gasteiger partial charge in [-0.1, -0.05) is 68.2 Å². The highest BCUT2D eigenvalue weighted by Gasteiger charge is 2.15. The zero-order valence-electron chi connectivity index (χ0n) is 15.1. The van der Waals surface area contributed by atoms with Gasteiger partial charge in [-0.3, -0.25) is 0 Å². The van der Waals surface area contributed by atoms with Crippen LogP contribution in [0, 0.1) is 13.8 Å². The zero-order chi connectivity index (χ0) is 17.8. The fourth-order valence-electron chi connectivity index (χ4n) is 3.14. The summed E-state index contributed by atoms with van der Waals surface area (Å²) in [4.78, 5) is 0. The largest absolute Gasteiger partial charge is 0.496 e. The molecule has 3 heteroatoms. The van der Waals surface area contributed by atoms with E-state index in [1.165, 1.54) is 21.7 Å². The molecule has 0 aliphatic heterocycles. The van der Waals surface area contributed by atoms with Crippen LogP contribution in [0.1, 0.15) is 11.1 Å². The first-order valence-corrected chi connectivity index (χ1v) is 9.28. The van der Waals surface area contributed by atoms with Gasteiger partial charge in [0.1, 0.15) is 11.5 Å². The lowest BCUT2D eigenvalue weighted by atomic mass is 10.0. The van der Waals surface area contributed by atoms with Crippen molar-refractivity contribution in [2.24, 2.45) is 0 Å². The van der Waals surface area contributed by atoms with Crippen molar-refractivity contribution in [1.82, 2.24) is 0 Å². The molecule has 0 aromatic heterocycles. The maximum absolute atomic E-state index is 5.67. The summed E-state index contributed by atoms with van der Waals surface area (Å²) >= 11 is 0. The van der Waals surface area contributed by atoms with Crippen LogP contribution in [-0.2, 0) is 0 Å². The number of para-hydroxylation sites is 1. The molecule has 128 valence electrons. The number of hydrogen-bond donors (Lipinski definition) is 0. The van der Waals surface area contributed by atoms with Gasteiger partial charge in [0.15, 0.2) is 0 Å². The number of rotatable bonds is 5. The van der Waals surface area contributed by atoms with E-state index in [1.54, 1.807) is 14.2 Å². The monoisotopic (exact) mass is 350 g/mol. The molecule has 0 aliphatic carbocycles. The van der Waals surface area contributed by atoms with Crippen molar-refractivity contribution in [2.45, 2.75) is 13.8 Å². The average Bonchev–Trinajstić information content (AvgIpc) is 2.60. The summed E-state index contributed by atoms with van der Waals surface area (Å²) in [6, 6.07) is 21.1. The molecular weight excluding hydrogens is 327 g/mol. The van der Waals surface area contributed by atoms with E-state index < -0.39 is 0 Å². The van der Waals surface area contributed by atoms with Crippen molar-refractivity contribution in [3.05, 3.63) is 71.8 Å². The fourth-order valence-corrected chi connectivity index (χ4v) is 4.61. The summed E-state index contributed by atoms with van der Waals surface area (Å²) in [7, 11) is 3.98. The van der Waals surface area contributed by atoms with Crippen molar-refractivity contribution in [3.8, 4) is 22.6 Å². The second-order valence-corrected chi connectivity index (χ2v) is 7.45. The van der Waals surface area contributed by atoms with Gasteiger partial charge in [-0.05, 0) is 36.6 Å². The van der Waals surface area contributed by atoms with Gasteiger partial charge in [0.2, 0.25) is 0 Å². The summed E-state index contributed by atoms with van der Waals surface area (Å²) in [5.74, 6) is 1.73. The molecular formula is C22H23O2P. The van der Waals surface area contributed by atoms with Crippen molar-refractivity contribution in [3.63, 3.8) is 0 Å². The highest BCUT2D eigenvalue weighted by atomic mass is 31.1. The van der Waals surface area contributed by atoms with Gasteiger partial charge in [-0.2, -0.15) is 0 Å². The maximum Gasteiger partial charge on any atom is 0.127 e. The van der Waals surface area contributed by atoms with Crippen LogP contribution in [0.2, 0.25) is 0 Å². The molecule has 25 heavy (non-hydrogen) atoms. The highest BCUT2D eigenvalue weighted by Crippen LogP contribution is 2.37. The van der Waals surface area contributed by atoms with E-state index >= 15 is 0 Å². The summed E-state index contributed by atoms with van der Waals surface area (Å²) in [6.45, 7) is 4.29. The van der Waals surface area contributed by atoms with Crippen molar-refractivity contribution in [2.75, 3.05) is 14.2 Å². The Morgan fingerprint density at radius 2 is 1.36 bits per heavy atom. The molecule has 1 unspecified atom stereocenters. The smallest absolute Gasteiger partial charge is 0.127 e. The normalized spacial score (nSPS) is 11.0. The van der Waals surface area contributed by atoms with E-state index in [0.717, 1.165) is 22.6 Å². The zero-order valence-corrected chi connectivity index (χ0v) is 16.1. The van der Waals surface area contributed by atoms with E-state index in [1.807, 2.05) is 24.3 Å². The Hall–Kier alpha value is -2.31. The first kappa shape index (κ1) is 17.5. The second kappa shape index (κ2) is 7.72. The van der Waals surface area contributed by atoms with E-state index in [2.05, 4.69) is 50.2 Å². The first-order valence-electron chi connectivity index (χ1n) is 8.28. The summed E-state index contributed by atoms with van der Waals surface area (Å²) in [6.07, 6.45) is 0. The van der Waals surface area contributed by atoms with Crippen LogP contribution in [0.3, 0.4) is 0 Å². The molecule has 0 N–H and O–H groups in total. The van der Waals surface area contributed by atoms with Gasteiger partial charge in [0.05, 0.1) is 14.2 Å². The number of benzene rings is 3. The Morgan fingerprint density at radius 3 is 2.04 bits per heavy atom. The molecule has 0 radical (unpaired) electrons. The highest BCUT2D eigenvalue weighted by molar-refractivity contribution is 7.55. The minimum Gasteiger partial charge on any atom is -0.496 e. The van der Waals surface area contributed by atoms with Gasteiger partial charge in [0.25, 0.3) is 0 Å². The average molecular weight is 350 g/mol. The Morgan fingerprint density at radius 1 is 0.720 bits per heavy atom. The topological polar surface area (TPSA) is 18.5 Å². The number of ether oxygens (including phenoxy) is 2. The Kier molecular flexibility index (Phi) is 5.40. The molecule has 3 aromatic carbocycles. The molecule has 0 aliphatic rings. The second-order valence-electron chi connectivity index (χ2n) is 6.08. The molecule has 0 fully saturated rings. The van der Waals surface area contributed by atoms with Gasteiger partial charge >= 0.3 is 0 Å². The Labute approximate surface area is 151 Å². The minimum absolute atomic E-state index is 0.556. The molecule has 0 saturated heterocycles. The van der Waals surface area contributed by atoms with Gasteiger partial charge in [-0.15, -0.1) is 0 Å². The lowest BCUT2D eigenvalue weighted by Crippen LogP contribution is -2.09. The Bertz CT molecular complexity index is 867. The van der Waals surface area contributed by atoms with Crippen molar-refractivity contribution in [1.29, 1.82) is 0 Å². The summed E-state index contributed by atoms with van der Waals surface area (Å²) in [5.41, 5.74) is 4.77. The third-order valence-electron chi connectivity index (χ3n) is 4.12. The van der Waals surface area contributed by atoms with Crippen LogP contribution in [-0.4, -0.2) is 14.2 Å². The van der Waals surface area contributed by atoms with Crippen molar-refractivity contribution >= 4 is 19.2 Å². The van der Waals surface area contributed by atoms with Crippen LogP contribution in [0.15, 0.2) is 60.7 Å². The molecule has 0 spiro atoms. The van der Waals surface area contributed by atoms with Crippen LogP contribution >= 0.6 is 8.58 Å². The first-order chi connectivity index (χ1) is 12.1. The lowest BCUT2D eigenvalue weighted by Gasteiger charge is -2.17. The molecule has 3 aromatic rings. The Balaban J connectivity index is 2.14.